The number of aliphatic hydroxyl groups excluding tert-OH is 1. The number of carboxylic acids is 1. The molecule has 3 aromatic rings. The molecule has 1 aliphatic heterocycles. The van der Waals surface area contributed by atoms with E-state index in [1.807, 2.05) is 24.3 Å². The lowest BCUT2D eigenvalue weighted by molar-refractivity contribution is -0.138. The predicted octanol–water partition coefficient (Wildman–Crippen LogP) is 4.68. The van der Waals surface area contributed by atoms with Crippen molar-refractivity contribution >= 4 is 21.9 Å². The van der Waals surface area contributed by atoms with Gasteiger partial charge >= 0.3 is 5.97 Å². The third-order valence-corrected chi connectivity index (χ3v) is 9.83. The zero-order valence-corrected chi connectivity index (χ0v) is 24.0. The predicted molar refractivity (Wildman–Crippen MR) is 155 cm³/mol. The molecule has 10 heteroatoms. The number of β-amino-alcohol motifs (C(OH)–C–C–N with tert-alkyl or cyclic N) is 1. The summed E-state index contributed by atoms with van der Waals surface area (Å²) in [5.41, 5.74) is 3.47. The average molecular weight is 595 g/mol. The summed E-state index contributed by atoms with van der Waals surface area (Å²) in [4.78, 5) is 26.0. The molecule has 1 saturated carbocycles. The van der Waals surface area contributed by atoms with Crippen molar-refractivity contribution in [3.63, 3.8) is 0 Å². The fraction of sp³-hybridized carbons (Fsp3) is 0.375. The van der Waals surface area contributed by atoms with Gasteiger partial charge in [-0.25, -0.2) is 17.5 Å². The first kappa shape index (κ1) is 29.9. The van der Waals surface area contributed by atoms with Crippen LogP contribution in [-0.2, 0) is 26.0 Å². The standard InChI is InChI=1S/C32H35FN2O6S/c33-26-12-6-24(7-13-26)30-19-28(36)20-35(30)32(39)25-8-14-27(15-9-25)34-42(40,41)29-16-10-23(11-17-29)22-4-1-21(2-5-22)3-18-31(37)38/h1-2,4-7,10-13,16-17,25,27-28,30,34,36H,3,8-9,14-15,18-20H2,(H,37,38)/t25-,27-,28?,30-/m1/s1. The molecule has 2 aliphatic rings. The first-order valence-electron chi connectivity index (χ1n) is 14.3. The molecule has 8 nitrogen and oxygen atoms in total. The maximum absolute atomic E-state index is 13.4. The van der Waals surface area contributed by atoms with Crippen molar-refractivity contribution < 1.29 is 32.6 Å². The molecule has 1 aliphatic carbocycles. The fourth-order valence-corrected chi connectivity index (χ4v) is 7.29. The van der Waals surface area contributed by atoms with Crippen LogP contribution in [0.25, 0.3) is 11.1 Å². The van der Waals surface area contributed by atoms with Gasteiger partial charge in [0.05, 0.1) is 17.0 Å². The van der Waals surface area contributed by atoms with E-state index in [2.05, 4.69) is 4.72 Å². The summed E-state index contributed by atoms with van der Waals surface area (Å²) in [5, 5.41) is 19.1. The van der Waals surface area contributed by atoms with E-state index in [4.69, 9.17) is 5.11 Å². The van der Waals surface area contributed by atoms with Crippen LogP contribution in [0.3, 0.4) is 0 Å². The topological polar surface area (TPSA) is 124 Å². The van der Waals surface area contributed by atoms with Crippen molar-refractivity contribution in [3.05, 3.63) is 89.7 Å². The van der Waals surface area contributed by atoms with Crippen molar-refractivity contribution in [1.29, 1.82) is 0 Å². The number of amides is 1. The summed E-state index contributed by atoms with van der Waals surface area (Å²) in [6.45, 7) is 0.234. The molecule has 0 spiro atoms. The number of aryl methyl sites for hydroxylation is 1. The van der Waals surface area contributed by atoms with Gasteiger partial charge in [-0.3, -0.25) is 9.59 Å². The van der Waals surface area contributed by atoms with Gasteiger partial charge in [-0.1, -0.05) is 48.5 Å². The van der Waals surface area contributed by atoms with E-state index in [0.29, 0.717) is 38.5 Å². The van der Waals surface area contributed by atoms with Gasteiger partial charge in [0, 0.05) is 24.9 Å². The number of carbonyl (C=O) groups is 2. The van der Waals surface area contributed by atoms with Gasteiger partial charge in [0.2, 0.25) is 15.9 Å². The van der Waals surface area contributed by atoms with Gasteiger partial charge in [0.1, 0.15) is 5.82 Å². The Bertz CT molecular complexity index is 1500. The molecule has 0 bridgehead atoms. The number of benzene rings is 3. The molecule has 42 heavy (non-hydrogen) atoms. The highest BCUT2D eigenvalue weighted by molar-refractivity contribution is 7.89. The Morgan fingerprint density at radius 1 is 0.881 bits per heavy atom. The Balaban J connectivity index is 1.16. The third kappa shape index (κ3) is 7.06. The summed E-state index contributed by atoms with van der Waals surface area (Å²) in [5.74, 6) is -1.50. The van der Waals surface area contributed by atoms with Crippen molar-refractivity contribution in [2.75, 3.05) is 6.54 Å². The second-order valence-electron chi connectivity index (χ2n) is 11.2. The lowest BCUT2D eigenvalue weighted by Gasteiger charge is -2.33. The van der Waals surface area contributed by atoms with E-state index in [1.54, 1.807) is 41.3 Å². The quantitative estimate of drug-likeness (QED) is 0.331. The summed E-state index contributed by atoms with van der Waals surface area (Å²) in [6, 6.07) is 19.6. The number of nitrogens with one attached hydrogen (secondary N) is 1. The molecule has 0 radical (unpaired) electrons. The monoisotopic (exact) mass is 594 g/mol. The SMILES string of the molecule is O=C(O)CCc1ccc(-c2ccc(S(=O)(=O)N[C@H]3CC[C@H](C(=O)N4CC(O)C[C@@H]4c4ccc(F)cc4)CC3)cc2)cc1. The number of rotatable bonds is 9. The van der Waals surface area contributed by atoms with Crippen LogP contribution in [0.5, 0.6) is 0 Å². The maximum Gasteiger partial charge on any atom is 0.303 e. The van der Waals surface area contributed by atoms with E-state index in [-0.39, 0.29) is 47.6 Å². The van der Waals surface area contributed by atoms with Crippen LogP contribution >= 0.6 is 0 Å². The smallest absolute Gasteiger partial charge is 0.303 e. The molecule has 1 unspecified atom stereocenters. The number of carboxylic acid groups (broad SMARTS) is 1. The normalized spacial score (nSPS) is 22.7. The molecule has 5 rings (SSSR count). The lowest BCUT2D eigenvalue weighted by atomic mass is 9.85. The minimum Gasteiger partial charge on any atom is -0.481 e. The number of sulfonamides is 1. The number of hydrogen-bond donors (Lipinski definition) is 3. The number of halogens is 1. The second-order valence-corrected chi connectivity index (χ2v) is 12.9. The molecular formula is C32H35FN2O6S. The number of aliphatic hydroxyl groups is 1. The highest BCUT2D eigenvalue weighted by atomic mass is 32.2. The van der Waals surface area contributed by atoms with Gasteiger partial charge in [-0.2, -0.15) is 0 Å². The summed E-state index contributed by atoms with van der Waals surface area (Å²) in [6.07, 6.45) is 2.42. The molecule has 2 atom stereocenters. The van der Waals surface area contributed by atoms with Crippen LogP contribution in [0.4, 0.5) is 4.39 Å². The molecule has 1 heterocycles. The van der Waals surface area contributed by atoms with Crippen LogP contribution < -0.4 is 4.72 Å². The second kappa shape index (κ2) is 12.7. The van der Waals surface area contributed by atoms with Gasteiger partial charge in [-0.05, 0) is 85.0 Å². The molecule has 3 aromatic carbocycles. The Hall–Kier alpha value is -3.60. The lowest BCUT2D eigenvalue weighted by Crippen LogP contribution is -2.42. The average Bonchev–Trinajstić information content (AvgIpc) is 3.38. The number of aliphatic carboxylic acids is 1. The van der Waals surface area contributed by atoms with E-state index >= 15 is 0 Å². The molecular weight excluding hydrogens is 559 g/mol. The zero-order valence-electron chi connectivity index (χ0n) is 23.2. The van der Waals surface area contributed by atoms with Crippen LogP contribution in [0.1, 0.15) is 55.7 Å². The van der Waals surface area contributed by atoms with Gasteiger partial charge in [0.15, 0.2) is 0 Å². The highest BCUT2D eigenvalue weighted by Crippen LogP contribution is 2.36. The number of hydrogen-bond acceptors (Lipinski definition) is 5. The van der Waals surface area contributed by atoms with Crippen molar-refractivity contribution in [3.8, 4) is 11.1 Å². The summed E-state index contributed by atoms with van der Waals surface area (Å²) >= 11 is 0. The fourth-order valence-electron chi connectivity index (χ4n) is 5.98. The Labute approximate surface area is 245 Å². The first-order chi connectivity index (χ1) is 20.1. The van der Waals surface area contributed by atoms with Crippen LogP contribution in [0.15, 0.2) is 77.7 Å². The number of carbonyl (C=O) groups excluding carboxylic acids is 1. The van der Waals surface area contributed by atoms with Crippen molar-refractivity contribution in [2.45, 2.75) is 68.0 Å². The summed E-state index contributed by atoms with van der Waals surface area (Å²) in [7, 11) is -3.75. The molecule has 222 valence electrons. The minimum atomic E-state index is -3.75. The van der Waals surface area contributed by atoms with Crippen LogP contribution in [0, 0.1) is 11.7 Å². The molecule has 0 aromatic heterocycles. The van der Waals surface area contributed by atoms with Crippen LogP contribution in [-0.4, -0.2) is 54.1 Å². The number of nitrogens with zero attached hydrogens (tertiary/aromatic N) is 1. The molecule has 1 amide bonds. The van der Waals surface area contributed by atoms with E-state index in [9.17, 15) is 27.5 Å². The summed E-state index contributed by atoms with van der Waals surface area (Å²) < 4.78 is 42.4. The Morgan fingerprint density at radius 3 is 2.07 bits per heavy atom. The first-order valence-corrected chi connectivity index (χ1v) is 15.7. The highest BCUT2D eigenvalue weighted by Gasteiger charge is 2.39. The van der Waals surface area contributed by atoms with Crippen molar-refractivity contribution in [2.24, 2.45) is 5.92 Å². The van der Waals surface area contributed by atoms with E-state index in [0.717, 1.165) is 22.3 Å². The van der Waals surface area contributed by atoms with E-state index < -0.39 is 22.1 Å². The van der Waals surface area contributed by atoms with Crippen LogP contribution in [0.2, 0.25) is 0 Å². The van der Waals surface area contributed by atoms with Crippen molar-refractivity contribution in [1.82, 2.24) is 9.62 Å². The maximum atomic E-state index is 13.4. The van der Waals surface area contributed by atoms with E-state index in [1.165, 1.54) is 12.1 Å². The Morgan fingerprint density at radius 2 is 1.48 bits per heavy atom. The number of likely N-dealkylation sites (tertiary alicyclic amines) is 1. The zero-order chi connectivity index (χ0) is 29.9. The molecule has 1 saturated heterocycles. The third-order valence-electron chi connectivity index (χ3n) is 8.29. The molecule has 3 N–H and O–H groups in total. The molecule has 2 fully saturated rings. The van der Waals surface area contributed by atoms with Gasteiger partial charge in [-0.15, -0.1) is 0 Å². The van der Waals surface area contributed by atoms with Gasteiger partial charge in [0.25, 0.3) is 0 Å². The van der Waals surface area contributed by atoms with Gasteiger partial charge < -0.3 is 15.1 Å². The minimum absolute atomic E-state index is 0.0484. The Kier molecular flexibility index (Phi) is 9.05. The largest absolute Gasteiger partial charge is 0.481 e.